The summed E-state index contributed by atoms with van der Waals surface area (Å²) in [6, 6.07) is 0. The standard InChI is InChI=1S/C13H25NO/c1-10-6-11(2)8-13(7-10,9-14)12-4-3-5-15-12/h10-12H,3-9,14H2,1-2H3. The normalized spacial score (nSPS) is 47.0. The molecule has 0 amide bonds. The maximum absolute atomic E-state index is 6.06. The molecule has 2 nitrogen and oxygen atoms in total. The highest BCUT2D eigenvalue weighted by atomic mass is 16.5. The van der Waals surface area contributed by atoms with Crippen LogP contribution < -0.4 is 5.73 Å². The van der Waals surface area contributed by atoms with Gasteiger partial charge in [0.15, 0.2) is 0 Å². The van der Waals surface area contributed by atoms with Crippen LogP contribution in [0, 0.1) is 17.3 Å². The third-order valence-corrected chi connectivity index (χ3v) is 4.33. The highest BCUT2D eigenvalue weighted by Crippen LogP contribution is 2.47. The van der Waals surface area contributed by atoms with Gasteiger partial charge in [-0.15, -0.1) is 0 Å². The van der Waals surface area contributed by atoms with Crippen LogP contribution in [0.4, 0.5) is 0 Å². The smallest absolute Gasteiger partial charge is 0.0644 e. The summed E-state index contributed by atoms with van der Waals surface area (Å²) in [5, 5.41) is 0. The van der Waals surface area contributed by atoms with Crippen LogP contribution in [0.25, 0.3) is 0 Å². The van der Waals surface area contributed by atoms with Crippen molar-refractivity contribution in [1.82, 2.24) is 0 Å². The van der Waals surface area contributed by atoms with E-state index in [1.54, 1.807) is 0 Å². The van der Waals surface area contributed by atoms with E-state index in [0.717, 1.165) is 25.0 Å². The Morgan fingerprint density at radius 1 is 1.27 bits per heavy atom. The van der Waals surface area contributed by atoms with E-state index in [0.29, 0.717) is 11.5 Å². The molecule has 3 atom stereocenters. The molecule has 0 aromatic carbocycles. The topological polar surface area (TPSA) is 35.2 Å². The monoisotopic (exact) mass is 211 g/mol. The first-order valence-corrected chi connectivity index (χ1v) is 6.48. The predicted molar refractivity (Wildman–Crippen MR) is 62.6 cm³/mol. The molecule has 1 heterocycles. The van der Waals surface area contributed by atoms with Crippen molar-refractivity contribution in [3.63, 3.8) is 0 Å². The van der Waals surface area contributed by atoms with Crippen molar-refractivity contribution in [3.8, 4) is 0 Å². The number of hydrogen-bond acceptors (Lipinski definition) is 2. The van der Waals surface area contributed by atoms with Gasteiger partial charge in [-0.05, 0) is 43.9 Å². The fourth-order valence-electron chi connectivity index (χ4n) is 3.95. The molecule has 2 N–H and O–H groups in total. The first kappa shape index (κ1) is 11.4. The molecule has 2 fully saturated rings. The van der Waals surface area contributed by atoms with E-state index < -0.39 is 0 Å². The van der Waals surface area contributed by atoms with Gasteiger partial charge in [-0.2, -0.15) is 0 Å². The minimum atomic E-state index is 0.299. The molecule has 0 spiro atoms. The zero-order valence-corrected chi connectivity index (χ0v) is 10.2. The maximum atomic E-state index is 6.06. The Morgan fingerprint density at radius 2 is 1.93 bits per heavy atom. The van der Waals surface area contributed by atoms with Gasteiger partial charge in [0.25, 0.3) is 0 Å². The summed E-state index contributed by atoms with van der Waals surface area (Å²) < 4.78 is 5.90. The van der Waals surface area contributed by atoms with Crippen molar-refractivity contribution in [1.29, 1.82) is 0 Å². The van der Waals surface area contributed by atoms with E-state index in [4.69, 9.17) is 10.5 Å². The fourth-order valence-corrected chi connectivity index (χ4v) is 3.95. The summed E-state index contributed by atoms with van der Waals surface area (Å²) in [5.41, 5.74) is 6.36. The molecule has 1 saturated heterocycles. The number of nitrogens with two attached hydrogens (primary N) is 1. The van der Waals surface area contributed by atoms with Crippen molar-refractivity contribution in [2.24, 2.45) is 23.0 Å². The summed E-state index contributed by atoms with van der Waals surface area (Å²) in [7, 11) is 0. The van der Waals surface area contributed by atoms with Crippen LogP contribution >= 0.6 is 0 Å². The second-order valence-corrected chi connectivity index (χ2v) is 5.92. The van der Waals surface area contributed by atoms with E-state index in [9.17, 15) is 0 Å². The average molecular weight is 211 g/mol. The lowest BCUT2D eigenvalue weighted by Gasteiger charge is -2.45. The van der Waals surface area contributed by atoms with E-state index in [1.165, 1.54) is 32.1 Å². The molecule has 88 valence electrons. The van der Waals surface area contributed by atoms with E-state index in [1.807, 2.05) is 0 Å². The average Bonchev–Trinajstić information content (AvgIpc) is 2.69. The van der Waals surface area contributed by atoms with Crippen molar-refractivity contribution >= 4 is 0 Å². The Labute approximate surface area is 93.6 Å². The first-order chi connectivity index (χ1) is 7.16. The van der Waals surface area contributed by atoms with Gasteiger partial charge in [-0.1, -0.05) is 13.8 Å². The van der Waals surface area contributed by atoms with Crippen molar-refractivity contribution < 1.29 is 4.74 Å². The summed E-state index contributed by atoms with van der Waals surface area (Å²) in [6.07, 6.45) is 6.84. The predicted octanol–water partition coefficient (Wildman–Crippen LogP) is 2.57. The molecule has 2 rings (SSSR count). The molecule has 0 radical (unpaired) electrons. The molecule has 1 saturated carbocycles. The molecule has 1 aliphatic heterocycles. The second-order valence-electron chi connectivity index (χ2n) is 5.92. The molecule has 0 aromatic rings. The summed E-state index contributed by atoms with van der Waals surface area (Å²) in [4.78, 5) is 0. The lowest BCUT2D eigenvalue weighted by atomic mass is 9.63. The largest absolute Gasteiger partial charge is 0.378 e. The summed E-state index contributed by atoms with van der Waals surface area (Å²) >= 11 is 0. The third-order valence-electron chi connectivity index (χ3n) is 4.33. The van der Waals surface area contributed by atoms with Gasteiger partial charge >= 0.3 is 0 Å². The quantitative estimate of drug-likeness (QED) is 0.762. The molecule has 15 heavy (non-hydrogen) atoms. The Hall–Kier alpha value is -0.0800. The molecule has 3 unspecified atom stereocenters. The number of ether oxygens (including phenoxy) is 1. The lowest BCUT2D eigenvalue weighted by molar-refractivity contribution is -0.0418. The van der Waals surface area contributed by atoms with Gasteiger partial charge in [0.2, 0.25) is 0 Å². The van der Waals surface area contributed by atoms with E-state index in [-0.39, 0.29) is 0 Å². The van der Waals surface area contributed by atoms with Gasteiger partial charge in [0.1, 0.15) is 0 Å². The van der Waals surface area contributed by atoms with Crippen LogP contribution in [0.2, 0.25) is 0 Å². The molecule has 0 aromatic heterocycles. The summed E-state index contributed by atoms with van der Waals surface area (Å²) in [5.74, 6) is 1.64. The van der Waals surface area contributed by atoms with Gasteiger partial charge in [0, 0.05) is 18.6 Å². The first-order valence-electron chi connectivity index (χ1n) is 6.48. The Balaban J connectivity index is 2.11. The number of hydrogen-bond donors (Lipinski definition) is 1. The second kappa shape index (κ2) is 4.42. The minimum absolute atomic E-state index is 0.299. The van der Waals surface area contributed by atoms with Crippen LogP contribution in [-0.4, -0.2) is 19.3 Å². The zero-order chi connectivity index (χ0) is 10.9. The Bertz CT molecular complexity index is 201. The molecule has 2 heteroatoms. The van der Waals surface area contributed by atoms with Gasteiger partial charge in [-0.25, -0.2) is 0 Å². The summed E-state index contributed by atoms with van der Waals surface area (Å²) in [6.45, 7) is 6.51. The van der Waals surface area contributed by atoms with Crippen molar-refractivity contribution in [2.45, 2.75) is 52.1 Å². The molecular weight excluding hydrogens is 186 g/mol. The van der Waals surface area contributed by atoms with Gasteiger partial charge < -0.3 is 10.5 Å². The van der Waals surface area contributed by atoms with Gasteiger partial charge in [0.05, 0.1) is 6.10 Å². The molecule has 0 bridgehead atoms. The van der Waals surface area contributed by atoms with Crippen LogP contribution in [0.1, 0.15) is 46.0 Å². The van der Waals surface area contributed by atoms with Crippen molar-refractivity contribution in [3.05, 3.63) is 0 Å². The highest BCUT2D eigenvalue weighted by molar-refractivity contribution is 4.95. The highest BCUT2D eigenvalue weighted by Gasteiger charge is 2.44. The molecule has 2 aliphatic rings. The SMILES string of the molecule is CC1CC(C)CC(CN)(C2CCCO2)C1. The number of rotatable bonds is 2. The maximum Gasteiger partial charge on any atom is 0.0644 e. The Morgan fingerprint density at radius 3 is 2.40 bits per heavy atom. The van der Waals surface area contributed by atoms with E-state index in [2.05, 4.69) is 13.8 Å². The van der Waals surface area contributed by atoms with Gasteiger partial charge in [-0.3, -0.25) is 0 Å². The van der Waals surface area contributed by atoms with Crippen LogP contribution in [0.3, 0.4) is 0 Å². The third kappa shape index (κ3) is 2.21. The van der Waals surface area contributed by atoms with Crippen molar-refractivity contribution in [2.75, 3.05) is 13.2 Å². The minimum Gasteiger partial charge on any atom is -0.378 e. The Kier molecular flexibility index (Phi) is 3.36. The molecule has 1 aliphatic carbocycles. The van der Waals surface area contributed by atoms with Crippen LogP contribution in [0.5, 0.6) is 0 Å². The zero-order valence-electron chi connectivity index (χ0n) is 10.2. The van der Waals surface area contributed by atoms with E-state index >= 15 is 0 Å². The fraction of sp³-hybridized carbons (Fsp3) is 1.00. The lowest BCUT2D eigenvalue weighted by Crippen LogP contribution is -2.46. The van der Waals surface area contributed by atoms with Crippen LogP contribution in [-0.2, 0) is 4.74 Å². The molecular formula is C13H25NO. The van der Waals surface area contributed by atoms with Crippen LogP contribution in [0.15, 0.2) is 0 Å².